The highest BCUT2D eigenvalue weighted by Crippen LogP contribution is 2.25. The van der Waals surface area contributed by atoms with Crippen molar-refractivity contribution in [2.24, 2.45) is 0 Å². The third kappa shape index (κ3) is 3.30. The number of pyridine rings is 1. The Hall–Kier alpha value is -2.98. The van der Waals surface area contributed by atoms with E-state index in [2.05, 4.69) is 16.4 Å². The molecule has 0 saturated carbocycles. The molecule has 2 heterocycles. The van der Waals surface area contributed by atoms with Gasteiger partial charge < -0.3 is 10.1 Å². The lowest BCUT2D eigenvalue weighted by Gasteiger charge is -2.26. The van der Waals surface area contributed by atoms with E-state index in [1.165, 1.54) is 0 Å². The first-order chi connectivity index (χ1) is 12.3. The summed E-state index contributed by atoms with van der Waals surface area (Å²) < 4.78 is 5.60. The summed E-state index contributed by atoms with van der Waals surface area (Å²) >= 11 is 0. The topological polar surface area (TPSA) is 51.2 Å². The maximum absolute atomic E-state index is 12.6. The van der Waals surface area contributed by atoms with E-state index in [4.69, 9.17) is 4.74 Å². The zero-order chi connectivity index (χ0) is 17.1. The molecule has 1 aliphatic heterocycles. The Balaban J connectivity index is 1.51. The summed E-state index contributed by atoms with van der Waals surface area (Å²) in [6, 6.07) is 19.5. The summed E-state index contributed by atoms with van der Waals surface area (Å²) in [5, 5.41) is 3.08. The Labute approximate surface area is 146 Å². The fourth-order valence-electron chi connectivity index (χ4n) is 3.10. The molecule has 124 valence electrons. The van der Waals surface area contributed by atoms with E-state index in [1.807, 2.05) is 54.6 Å². The van der Waals surface area contributed by atoms with E-state index in [0.717, 1.165) is 22.3 Å². The van der Waals surface area contributed by atoms with Crippen LogP contribution in [0.3, 0.4) is 0 Å². The van der Waals surface area contributed by atoms with Crippen LogP contribution in [0.15, 0.2) is 73.1 Å². The summed E-state index contributed by atoms with van der Waals surface area (Å²) in [6.07, 6.45) is 3.52. The van der Waals surface area contributed by atoms with Crippen molar-refractivity contribution in [3.8, 4) is 11.1 Å². The van der Waals surface area contributed by atoms with Crippen molar-refractivity contribution in [1.29, 1.82) is 0 Å². The molecule has 0 radical (unpaired) electrons. The van der Waals surface area contributed by atoms with Gasteiger partial charge in [0, 0.05) is 18.0 Å². The van der Waals surface area contributed by atoms with Crippen LogP contribution in [0.5, 0.6) is 0 Å². The van der Waals surface area contributed by atoms with Gasteiger partial charge in [0.1, 0.15) is 0 Å². The van der Waals surface area contributed by atoms with Crippen LogP contribution in [-0.4, -0.2) is 17.5 Å². The Morgan fingerprint density at radius 1 is 0.960 bits per heavy atom. The summed E-state index contributed by atoms with van der Waals surface area (Å²) in [4.78, 5) is 16.6. The van der Waals surface area contributed by atoms with Gasteiger partial charge in [-0.2, -0.15) is 0 Å². The molecule has 0 aliphatic carbocycles. The Morgan fingerprint density at radius 3 is 2.48 bits per heavy atom. The van der Waals surface area contributed by atoms with E-state index in [0.29, 0.717) is 18.8 Å². The van der Waals surface area contributed by atoms with Gasteiger partial charge in [-0.3, -0.25) is 9.78 Å². The largest absolute Gasteiger partial charge is 0.374 e. The smallest absolute Gasteiger partial charge is 0.251 e. The number of nitrogens with zero attached hydrogens (tertiary/aromatic N) is 1. The van der Waals surface area contributed by atoms with Gasteiger partial charge in [0.05, 0.1) is 19.3 Å². The predicted molar refractivity (Wildman–Crippen MR) is 96.0 cm³/mol. The third-order valence-corrected chi connectivity index (χ3v) is 4.44. The van der Waals surface area contributed by atoms with Crippen molar-refractivity contribution in [3.63, 3.8) is 0 Å². The van der Waals surface area contributed by atoms with E-state index in [-0.39, 0.29) is 11.9 Å². The molecule has 1 atom stereocenters. The van der Waals surface area contributed by atoms with Crippen molar-refractivity contribution in [3.05, 3.63) is 89.7 Å². The number of amides is 1. The number of rotatable bonds is 3. The highest BCUT2D eigenvalue weighted by molar-refractivity contribution is 5.95. The van der Waals surface area contributed by atoms with Gasteiger partial charge in [0.25, 0.3) is 5.91 Å². The van der Waals surface area contributed by atoms with E-state index >= 15 is 0 Å². The molecular weight excluding hydrogens is 312 g/mol. The van der Waals surface area contributed by atoms with Crippen LogP contribution in [0.4, 0.5) is 0 Å². The minimum Gasteiger partial charge on any atom is -0.374 e. The summed E-state index contributed by atoms with van der Waals surface area (Å²) in [5.74, 6) is -0.0911. The molecule has 0 fully saturated rings. The lowest BCUT2D eigenvalue weighted by molar-refractivity contribution is 0.0708. The van der Waals surface area contributed by atoms with Crippen LogP contribution < -0.4 is 5.32 Å². The average Bonchev–Trinajstić information content (AvgIpc) is 2.69. The third-order valence-electron chi connectivity index (χ3n) is 4.44. The van der Waals surface area contributed by atoms with E-state index in [1.54, 1.807) is 12.4 Å². The van der Waals surface area contributed by atoms with Crippen LogP contribution in [0, 0.1) is 0 Å². The van der Waals surface area contributed by atoms with Crippen molar-refractivity contribution >= 4 is 5.91 Å². The maximum Gasteiger partial charge on any atom is 0.251 e. The number of ether oxygens (including phenoxy) is 1. The molecule has 4 heteroatoms. The average molecular weight is 330 g/mol. The number of fused-ring (bicyclic) bond motifs is 1. The first-order valence-electron chi connectivity index (χ1n) is 8.28. The van der Waals surface area contributed by atoms with Crippen LogP contribution in [0.1, 0.15) is 27.5 Å². The molecule has 4 rings (SSSR count). The standard InChI is InChI=1S/C21H18N2O2/c24-21(23-20-14-25-13-18-3-1-2-4-19(18)20)17-7-5-15(6-8-17)16-9-11-22-12-10-16/h1-12,20H,13-14H2,(H,23,24). The highest BCUT2D eigenvalue weighted by Gasteiger charge is 2.22. The molecule has 0 spiro atoms. The zero-order valence-electron chi connectivity index (χ0n) is 13.7. The Kier molecular flexibility index (Phi) is 4.27. The van der Waals surface area contributed by atoms with Gasteiger partial charge in [-0.25, -0.2) is 0 Å². The summed E-state index contributed by atoms with van der Waals surface area (Å²) in [6.45, 7) is 1.10. The number of carbonyl (C=O) groups is 1. The molecule has 1 aliphatic rings. The highest BCUT2D eigenvalue weighted by atomic mass is 16.5. The molecule has 1 N–H and O–H groups in total. The second kappa shape index (κ2) is 6.87. The quantitative estimate of drug-likeness (QED) is 0.796. The molecule has 4 nitrogen and oxygen atoms in total. The van der Waals surface area contributed by atoms with Crippen molar-refractivity contribution in [2.45, 2.75) is 12.6 Å². The molecule has 1 amide bonds. The summed E-state index contributed by atoms with van der Waals surface area (Å²) in [5.41, 5.74) is 5.05. The predicted octanol–water partition coefficient (Wildman–Crippen LogP) is 3.75. The van der Waals surface area contributed by atoms with Crippen LogP contribution in [-0.2, 0) is 11.3 Å². The Morgan fingerprint density at radius 2 is 1.68 bits per heavy atom. The summed E-state index contributed by atoms with van der Waals surface area (Å²) in [7, 11) is 0. The fraction of sp³-hybridized carbons (Fsp3) is 0.143. The number of aromatic nitrogens is 1. The lowest BCUT2D eigenvalue weighted by Crippen LogP contribution is -2.34. The number of carbonyl (C=O) groups excluding carboxylic acids is 1. The van der Waals surface area contributed by atoms with Gasteiger partial charge in [0.2, 0.25) is 0 Å². The van der Waals surface area contributed by atoms with E-state index < -0.39 is 0 Å². The number of hydrogen-bond donors (Lipinski definition) is 1. The monoisotopic (exact) mass is 330 g/mol. The lowest BCUT2D eigenvalue weighted by atomic mass is 9.98. The number of hydrogen-bond acceptors (Lipinski definition) is 3. The van der Waals surface area contributed by atoms with Crippen molar-refractivity contribution < 1.29 is 9.53 Å². The second-order valence-electron chi connectivity index (χ2n) is 6.05. The minimum atomic E-state index is -0.114. The second-order valence-corrected chi connectivity index (χ2v) is 6.05. The molecule has 2 aromatic carbocycles. The molecule has 0 saturated heterocycles. The number of nitrogens with one attached hydrogen (secondary N) is 1. The first kappa shape index (κ1) is 15.5. The fourth-order valence-corrected chi connectivity index (χ4v) is 3.10. The molecule has 1 aromatic heterocycles. The van der Waals surface area contributed by atoms with Gasteiger partial charge in [-0.15, -0.1) is 0 Å². The molecule has 0 bridgehead atoms. The Bertz CT molecular complexity index is 876. The number of benzene rings is 2. The SMILES string of the molecule is O=C(NC1COCc2ccccc21)c1ccc(-c2ccncc2)cc1. The van der Waals surface area contributed by atoms with E-state index in [9.17, 15) is 4.79 Å². The first-order valence-corrected chi connectivity index (χ1v) is 8.28. The zero-order valence-corrected chi connectivity index (χ0v) is 13.7. The molecular formula is C21H18N2O2. The van der Waals surface area contributed by atoms with Gasteiger partial charge in [0.15, 0.2) is 0 Å². The van der Waals surface area contributed by atoms with Gasteiger partial charge in [-0.1, -0.05) is 36.4 Å². The van der Waals surface area contributed by atoms with Crippen molar-refractivity contribution in [1.82, 2.24) is 10.3 Å². The maximum atomic E-state index is 12.6. The molecule has 25 heavy (non-hydrogen) atoms. The van der Waals surface area contributed by atoms with Crippen molar-refractivity contribution in [2.75, 3.05) is 6.61 Å². The molecule has 3 aromatic rings. The minimum absolute atomic E-state index is 0.0911. The normalized spacial score (nSPS) is 16.1. The van der Waals surface area contributed by atoms with Crippen LogP contribution in [0.2, 0.25) is 0 Å². The van der Waals surface area contributed by atoms with Crippen LogP contribution in [0.25, 0.3) is 11.1 Å². The van der Waals surface area contributed by atoms with Gasteiger partial charge >= 0.3 is 0 Å². The van der Waals surface area contributed by atoms with Crippen LogP contribution >= 0.6 is 0 Å². The molecule has 1 unspecified atom stereocenters. The van der Waals surface area contributed by atoms with Gasteiger partial charge in [-0.05, 0) is 46.5 Å².